The average Bonchev–Trinajstić information content (AvgIpc) is 3.39. The Morgan fingerprint density at radius 3 is 2.65 bits per heavy atom. The summed E-state index contributed by atoms with van der Waals surface area (Å²) in [5, 5.41) is 17.8. The third-order valence-electron chi connectivity index (χ3n) is 6.03. The van der Waals surface area contributed by atoms with Crippen LogP contribution in [0.25, 0.3) is 11.3 Å². The van der Waals surface area contributed by atoms with E-state index in [1.54, 1.807) is 32.4 Å². The zero-order chi connectivity index (χ0) is 24.1. The lowest BCUT2D eigenvalue weighted by atomic mass is 9.95. The molecule has 0 spiro atoms. The molecule has 4 rings (SSSR count). The molecular formula is C26H31N3O5. The molecule has 1 aliphatic rings. The van der Waals surface area contributed by atoms with Crippen molar-refractivity contribution in [3.05, 3.63) is 59.3 Å². The van der Waals surface area contributed by atoms with Crippen LogP contribution < -0.4 is 9.47 Å². The second-order valence-corrected chi connectivity index (χ2v) is 8.24. The first kappa shape index (κ1) is 23.6. The summed E-state index contributed by atoms with van der Waals surface area (Å²) < 4.78 is 16.7. The third kappa shape index (κ3) is 4.46. The predicted octanol–water partition coefficient (Wildman–Crippen LogP) is 4.55. The summed E-state index contributed by atoms with van der Waals surface area (Å²) in [7, 11) is 3.26. The van der Waals surface area contributed by atoms with Crippen LogP contribution in [-0.2, 0) is 4.74 Å². The van der Waals surface area contributed by atoms with Crippen molar-refractivity contribution < 1.29 is 24.1 Å². The van der Waals surface area contributed by atoms with Gasteiger partial charge in [0.1, 0.15) is 17.1 Å². The van der Waals surface area contributed by atoms with Gasteiger partial charge in [-0.3, -0.25) is 9.89 Å². The molecule has 34 heavy (non-hydrogen) atoms. The van der Waals surface area contributed by atoms with Crippen LogP contribution in [0, 0.1) is 0 Å². The van der Waals surface area contributed by atoms with E-state index in [1.807, 2.05) is 29.2 Å². The van der Waals surface area contributed by atoms with Gasteiger partial charge in [0, 0.05) is 31.4 Å². The number of phenolic OH excluding ortho intramolecular Hbond substituents is 1. The number of hydrogen-bond acceptors (Lipinski definition) is 6. The molecule has 1 atom stereocenters. The second kappa shape index (κ2) is 10.6. The Balaban J connectivity index is 1.78. The van der Waals surface area contributed by atoms with Crippen molar-refractivity contribution in [2.45, 2.75) is 32.2 Å². The van der Waals surface area contributed by atoms with Crippen molar-refractivity contribution in [3.63, 3.8) is 0 Å². The summed E-state index contributed by atoms with van der Waals surface area (Å²) >= 11 is 0. The summed E-state index contributed by atoms with van der Waals surface area (Å²) in [6, 6.07) is 12.4. The number of para-hydroxylation sites is 1. The Morgan fingerprint density at radius 2 is 1.91 bits per heavy atom. The molecule has 0 bridgehead atoms. The number of nitrogens with one attached hydrogen (secondary N) is 1. The van der Waals surface area contributed by atoms with Crippen molar-refractivity contribution in [1.82, 2.24) is 15.1 Å². The van der Waals surface area contributed by atoms with Crippen LogP contribution in [0.2, 0.25) is 0 Å². The van der Waals surface area contributed by atoms with Gasteiger partial charge in [0.2, 0.25) is 0 Å². The van der Waals surface area contributed by atoms with Gasteiger partial charge in [0.15, 0.2) is 11.5 Å². The maximum Gasteiger partial charge on any atom is 0.273 e. The van der Waals surface area contributed by atoms with Crippen LogP contribution >= 0.6 is 0 Å². The highest BCUT2D eigenvalue weighted by Crippen LogP contribution is 2.45. The summed E-state index contributed by atoms with van der Waals surface area (Å²) in [6.07, 6.45) is 2.69. The van der Waals surface area contributed by atoms with Gasteiger partial charge in [-0.15, -0.1) is 0 Å². The van der Waals surface area contributed by atoms with E-state index in [4.69, 9.17) is 14.2 Å². The standard InChI is InChI=1S/C26H31N3O5/c1-4-5-15-34-20-12-11-17(16-21(20)33-3)25-22-23(18-9-6-7-10-19(18)30)27-28-24(22)26(31)29(25)13-8-14-32-2/h6-7,9-12,16,25,30H,4-5,8,13-15H2,1-3H3,(H,27,28)/t25-/m0/s1. The lowest BCUT2D eigenvalue weighted by Gasteiger charge is -2.27. The number of aromatic amines is 1. The molecule has 0 fully saturated rings. The van der Waals surface area contributed by atoms with Crippen LogP contribution in [-0.4, -0.2) is 60.1 Å². The smallest absolute Gasteiger partial charge is 0.273 e. The second-order valence-electron chi connectivity index (χ2n) is 8.24. The molecule has 1 amide bonds. The number of fused-ring (bicyclic) bond motifs is 1. The third-order valence-corrected chi connectivity index (χ3v) is 6.03. The van der Waals surface area contributed by atoms with Crippen molar-refractivity contribution in [2.75, 3.05) is 34.0 Å². The highest BCUT2D eigenvalue weighted by molar-refractivity contribution is 6.00. The lowest BCUT2D eigenvalue weighted by molar-refractivity contribution is 0.0723. The zero-order valence-electron chi connectivity index (χ0n) is 19.8. The minimum absolute atomic E-state index is 0.109. The lowest BCUT2D eigenvalue weighted by Crippen LogP contribution is -2.31. The molecule has 2 N–H and O–H groups in total. The fourth-order valence-corrected chi connectivity index (χ4v) is 4.33. The van der Waals surface area contributed by atoms with Gasteiger partial charge in [-0.1, -0.05) is 31.5 Å². The number of aromatic nitrogens is 2. The maximum atomic E-state index is 13.4. The van der Waals surface area contributed by atoms with E-state index in [-0.39, 0.29) is 11.7 Å². The predicted molar refractivity (Wildman–Crippen MR) is 128 cm³/mol. The van der Waals surface area contributed by atoms with Gasteiger partial charge in [-0.2, -0.15) is 5.10 Å². The van der Waals surface area contributed by atoms with Gasteiger partial charge in [0.05, 0.1) is 19.8 Å². The molecule has 180 valence electrons. The van der Waals surface area contributed by atoms with E-state index in [9.17, 15) is 9.90 Å². The largest absolute Gasteiger partial charge is 0.507 e. The molecule has 0 aliphatic carbocycles. The van der Waals surface area contributed by atoms with Crippen LogP contribution in [0.5, 0.6) is 17.2 Å². The number of H-pyrrole nitrogens is 1. The Bertz CT molecular complexity index is 1140. The van der Waals surface area contributed by atoms with Crippen molar-refractivity contribution in [3.8, 4) is 28.5 Å². The van der Waals surface area contributed by atoms with Crippen LogP contribution in [0.3, 0.4) is 0 Å². The molecule has 2 heterocycles. The number of hydrogen-bond donors (Lipinski definition) is 2. The molecule has 0 radical (unpaired) electrons. The van der Waals surface area contributed by atoms with Crippen LogP contribution in [0.15, 0.2) is 42.5 Å². The number of carbonyl (C=O) groups excluding carboxylic acids is 1. The first-order valence-corrected chi connectivity index (χ1v) is 11.6. The Morgan fingerprint density at radius 1 is 1.09 bits per heavy atom. The van der Waals surface area contributed by atoms with E-state index in [0.717, 1.165) is 24.0 Å². The molecular weight excluding hydrogens is 434 g/mol. The molecule has 8 heteroatoms. The van der Waals surface area contributed by atoms with E-state index in [2.05, 4.69) is 17.1 Å². The van der Waals surface area contributed by atoms with Crippen LogP contribution in [0.1, 0.15) is 53.8 Å². The topological polar surface area (TPSA) is 96.9 Å². The van der Waals surface area contributed by atoms with Gasteiger partial charge in [-0.05, 0) is 42.7 Å². The molecule has 0 saturated heterocycles. The Kier molecular flexibility index (Phi) is 7.37. The van der Waals surface area contributed by atoms with Crippen molar-refractivity contribution in [2.24, 2.45) is 0 Å². The summed E-state index contributed by atoms with van der Waals surface area (Å²) in [4.78, 5) is 15.2. The van der Waals surface area contributed by atoms with Gasteiger partial charge in [-0.25, -0.2) is 0 Å². The molecule has 2 aromatic carbocycles. The van der Waals surface area contributed by atoms with Gasteiger partial charge >= 0.3 is 0 Å². The normalized spacial score (nSPS) is 15.0. The van der Waals surface area contributed by atoms with Crippen LogP contribution in [0.4, 0.5) is 0 Å². The fourth-order valence-electron chi connectivity index (χ4n) is 4.33. The Labute approximate surface area is 199 Å². The summed E-state index contributed by atoms with van der Waals surface area (Å²) in [5.74, 6) is 1.26. The maximum absolute atomic E-state index is 13.4. The van der Waals surface area contributed by atoms with E-state index < -0.39 is 6.04 Å². The number of rotatable bonds is 11. The summed E-state index contributed by atoms with van der Waals surface area (Å²) in [6.45, 7) is 3.78. The molecule has 0 saturated carbocycles. The van der Waals surface area contributed by atoms with E-state index >= 15 is 0 Å². The average molecular weight is 466 g/mol. The minimum atomic E-state index is -0.397. The number of aromatic hydroxyl groups is 1. The number of benzene rings is 2. The number of carbonyl (C=O) groups is 1. The zero-order valence-corrected chi connectivity index (χ0v) is 19.8. The number of methoxy groups -OCH3 is 2. The van der Waals surface area contributed by atoms with Gasteiger partial charge in [0.25, 0.3) is 5.91 Å². The molecule has 8 nitrogen and oxygen atoms in total. The number of unbranched alkanes of at least 4 members (excludes halogenated alkanes) is 1. The number of phenols is 1. The Hall–Kier alpha value is -3.52. The minimum Gasteiger partial charge on any atom is -0.507 e. The first-order valence-electron chi connectivity index (χ1n) is 11.6. The summed E-state index contributed by atoms with van der Waals surface area (Å²) in [5.41, 5.74) is 3.18. The van der Waals surface area contributed by atoms with E-state index in [1.165, 1.54) is 0 Å². The first-order chi connectivity index (χ1) is 16.6. The highest BCUT2D eigenvalue weighted by atomic mass is 16.5. The monoisotopic (exact) mass is 465 g/mol. The quantitative estimate of drug-likeness (QED) is 0.403. The van der Waals surface area contributed by atoms with Crippen molar-refractivity contribution in [1.29, 1.82) is 0 Å². The SMILES string of the molecule is CCCCOc1ccc([C@H]2c3c(-c4ccccc4O)n[nH]c3C(=O)N2CCCOC)cc1OC. The molecule has 3 aromatic rings. The molecule has 1 aliphatic heterocycles. The van der Waals surface area contributed by atoms with Gasteiger partial charge < -0.3 is 24.2 Å². The number of nitrogens with zero attached hydrogens (tertiary/aromatic N) is 2. The fraction of sp³-hybridized carbons (Fsp3) is 0.385. The number of amides is 1. The number of ether oxygens (including phenoxy) is 3. The highest BCUT2D eigenvalue weighted by Gasteiger charge is 2.42. The molecule has 0 unspecified atom stereocenters. The van der Waals surface area contributed by atoms with E-state index in [0.29, 0.717) is 54.6 Å². The molecule has 1 aromatic heterocycles. The van der Waals surface area contributed by atoms with Crippen molar-refractivity contribution >= 4 is 5.91 Å².